The van der Waals surface area contributed by atoms with E-state index < -0.39 is 0 Å². The van der Waals surface area contributed by atoms with Gasteiger partial charge in [-0.1, -0.05) is 0 Å². The zero-order chi connectivity index (χ0) is 16.3. The molecule has 0 bridgehead atoms. The van der Waals surface area contributed by atoms with E-state index in [-0.39, 0.29) is 11.5 Å². The zero-order valence-electron chi connectivity index (χ0n) is 14.3. The summed E-state index contributed by atoms with van der Waals surface area (Å²) < 4.78 is 6.20. The molecule has 0 aliphatic carbocycles. The van der Waals surface area contributed by atoms with Crippen molar-refractivity contribution in [2.75, 3.05) is 26.7 Å². The molecule has 2 aliphatic heterocycles. The Morgan fingerprint density at radius 2 is 2.22 bits per heavy atom. The highest BCUT2D eigenvalue weighted by atomic mass is 32.1. The van der Waals surface area contributed by atoms with Crippen molar-refractivity contribution in [1.82, 2.24) is 10.2 Å². The highest BCUT2D eigenvalue weighted by molar-refractivity contribution is 7.11. The second-order valence-electron chi connectivity index (χ2n) is 7.06. The van der Waals surface area contributed by atoms with E-state index in [1.807, 2.05) is 11.3 Å². The molecule has 0 aromatic carbocycles. The van der Waals surface area contributed by atoms with Crippen LogP contribution >= 0.6 is 11.3 Å². The topological polar surface area (TPSA) is 41.6 Å². The van der Waals surface area contributed by atoms with Crippen LogP contribution in [0.25, 0.3) is 0 Å². The van der Waals surface area contributed by atoms with Gasteiger partial charge in [0.15, 0.2) is 0 Å². The van der Waals surface area contributed by atoms with Gasteiger partial charge in [0.2, 0.25) is 5.91 Å². The molecule has 1 amide bonds. The van der Waals surface area contributed by atoms with Gasteiger partial charge >= 0.3 is 0 Å². The van der Waals surface area contributed by atoms with Gasteiger partial charge in [0, 0.05) is 49.5 Å². The highest BCUT2D eigenvalue weighted by Gasteiger charge is 2.40. The lowest BCUT2D eigenvalue weighted by Crippen LogP contribution is -2.49. The first-order valence-electron chi connectivity index (χ1n) is 8.71. The van der Waals surface area contributed by atoms with Crippen molar-refractivity contribution in [2.45, 2.75) is 51.2 Å². The molecule has 1 aromatic rings. The van der Waals surface area contributed by atoms with E-state index in [0.29, 0.717) is 12.3 Å². The number of aryl methyl sites for hydroxylation is 1. The van der Waals surface area contributed by atoms with Crippen molar-refractivity contribution in [2.24, 2.45) is 5.92 Å². The first-order valence-corrected chi connectivity index (χ1v) is 9.52. The number of amides is 1. The summed E-state index contributed by atoms with van der Waals surface area (Å²) in [6, 6.07) is 4.46. The molecule has 1 atom stereocenters. The van der Waals surface area contributed by atoms with E-state index in [1.165, 1.54) is 9.75 Å². The number of carbonyl (C=O) groups excluding carboxylic acids is 1. The number of ether oxygens (including phenoxy) is 1. The Morgan fingerprint density at radius 3 is 2.87 bits per heavy atom. The fourth-order valence-electron chi connectivity index (χ4n) is 3.93. The second kappa shape index (κ2) is 7.32. The third-order valence-corrected chi connectivity index (χ3v) is 6.28. The fraction of sp³-hybridized carbons (Fsp3) is 0.722. The minimum atomic E-state index is 0.0266. The first kappa shape index (κ1) is 16.9. The van der Waals surface area contributed by atoms with Crippen LogP contribution in [0.3, 0.4) is 0 Å². The average Bonchev–Trinajstić information content (AvgIpc) is 2.95. The molecule has 1 unspecified atom stereocenters. The Morgan fingerprint density at radius 1 is 1.43 bits per heavy atom. The van der Waals surface area contributed by atoms with Crippen molar-refractivity contribution >= 4 is 17.2 Å². The quantitative estimate of drug-likeness (QED) is 0.919. The van der Waals surface area contributed by atoms with Gasteiger partial charge in [-0.15, -0.1) is 11.3 Å². The number of thiophene rings is 1. The van der Waals surface area contributed by atoms with Crippen LogP contribution in [0.2, 0.25) is 0 Å². The van der Waals surface area contributed by atoms with Gasteiger partial charge in [0.1, 0.15) is 0 Å². The summed E-state index contributed by atoms with van der Waals surface area (Å²) in [7, 11) is 1.72. The van der Waals surface area contributed by atoms with E-state index in [1.54, 1.807) is 7.05 Å². The zero-order valence-corrected chi connectivity index (χ0v) is 15.1. The maximum Gasteiger partial charge on any atom is 0.220 e. The van der Waals surface area contributed by atoms with Gasteiger partial charge in [-0.2, -0.15) is 0 Å². The molecule has 3 heterocycles. The minimum absolute atomic E-state index is 0.0266. The number of rotatable bonds is 4. The third kappa shape index (κ3) is 4.34. The molecular weight excluding hydrogens is 308 g/mol. The van der Waals surface area contributed by atoms with Crippen LogP contribution in [0.5, 0.6) is 0 Å². The van der Waals surface area contributed by atoms with Crippen molar-refractivity contribution in [3.8, 4) is 0 Å². The molecule has 5 heteroatoms. The number of nitrogens with one attached hydrogen (secondary N) is 1. The molecule has 4 nitrogen and oxygen atoms in total. The molecule has 23 heavy (non-hydrogen) atoms. The molecule has 1 N–H and O–H groups in total. The van der Waals surface area contributed by atoms with Crippen LogP contribution in [0.1, 0.15) is 41.9 Å². The average molecular weight is 337 g/mol. The molecule has 1 aromatic heterocycles. The van der Waals surface area contributed by atoms with Gasteiger partial charge < -0.3 is 10.1 Å². The lowest BCUT2D eigenvalue weighted by Gasteiger charge is -2.46. The summed E-state index contributed by atoms with van der Waals surface area (Å²) in [5.41, 5.74) is 0.0266. The summed E-state index contributed by atoms with van der Waals surface area (Å²) in [4.78, 5) is 17.0. The number of nitrogens with zero attached hydrogens (tertiary/aromatic N) is 1. The monoisotopic (exact) mass is 336 g/mol. The highest BCUT2D eigenvalue weighted by Crippen LogP contribution is 2.39. The van der Waals surface area contributed by atoms with Crippen molar-refractivity contribution < 1.29 is 9.53 Å². The normalized spacial score (nSPS) is 24.7. The molecule has 0 radical (unpaired) electrons. The summed E-state index contributed by atoms with van der Waals surface area (Å²) >= 11 is 1.90. The smallest absolute Gasteiger partial charge is 0.220 e. The van der Waals surface area contributed by atoms with E-state index in [9.17, 15) is 4.79 Å². The third-order valence-electron chi connectivity index (χ3n) is 5.29. The molecular formula is C18H28N2O2S. The van der Waals surface area contributed by atoms with Crippen molar-refractivity contribution in [3.05, 3.63) is 21.9 Å². The van der Waals surface area contributed by atoms with Crippen LogP contribution in [-0.2, 0) is 16.1 Å². The van der Waals surface area contributed by atoms with E-state index in [0.717, 1.165) is 51.9 Å². The second-order valence-corrected chi connectivity index (χ2v) is 8.43. The fourth-order valence-corrected chi connectivity index (χ4v) is 4.86. The Balaban J connectivity index is 1.51. The maximum atomic E-state index is 11.6. The Bertz CT molecular complexity index is 535. The van der Waals surface area contributed by atoms with Gasteiger partial charge in [-0.25, -0.2) is 0 Å². The van der Waals surface area contributed by atoms with Gasteiger partial charge in [0.25, 0.3) is 0 Å². The summed E-state index contributed by atoms with van der Waals surface area (Å²) in [5, 5.41) is 2.75. The maximum absolute atomic E-state index is 11.6. The Hall–Kier alpha value is -0.910. The number of piperidine rings is 1. The molecule has 2 fully saturated rings. The van der Waals surface area contributed by atoms with Gasteiger partial charge in [-0.3, -0.25) is 9.69 Å². The number of carbonyl (C=O) groups is 1. The van der Waals surface area contributed by atoms with Crippen LogP contribution in [0.15, 0.2) is 12.1 Å². The minimum Gasteiger partial charge on any atom is -0.375 e. The van der Waals surface area contributed by atoms with Crippen LogP contribution in [-0.4, -0.2) is 43.2 Å². The molecule has 2 aliphatic rings. The lowest BCUT2D eigenvalue weighted by atomic mass is 9.78. The Labute approximate surface area is 143 Å². The van der Waals surface area contributed by atoms with Crippen LogP contribution in [0, 0.1) is 12.8 Å². The summed E-state index contributed by atoms with van der Waals surface area (Å²) in [6.45, 7) is 6.25. The van der Waals surface area contributed by atoms with E-state index >= 15 is 0 Å². The lowest BCUT2D eigenvalue weighted by molar-refractivity contribution is -0.136. The van der Waals surface area contributed by atoms with E-state index in [4.69, 9.17) is 4.74 Å². The molecule has 128 valence electrons. The summed E-state index contributed by atoms with van der Waals surface area (Å²) in [6.07, 6.45) is 4.92. The molecule has 1 spiro atoms. The number of hydrogen-bond acceptors (Lipinski definition) is 4. The van der Waals surface area contributed by atoms with Crippen LogP contribution < -0.4 is 5.32 Å². The summed E-state index contributed by atoms with van der Waals surface area (Å²) in [5.74, 6) is 0.646. The molecule has 3 rings (SSSR count). The van der Waals surface area contributed by atoms with Gasteiger partial charge in [-0.05, 0) is 50.7 Å². The first-order chi connectivity index (χ1) is 11.1. The van der Waals surface area contributed by atoms with Crippen molar-refractivity contribution in [3.63, 3.8) is 0 Å². The standard InChI is InChI=1S/C18H28N2O2S/c1-14-3-4-16(23-14)13-20-8-6-18(7-9-20)12-15(5-10-22-18)11-17(21)19-2/h3-4,15H,5-13H2,1-2H3,(H,19,21). The predicted molar refractivity (Wildman–Crippen MR) is 93.7 cm³/mol. The Kier molecular flexibility index (Phi) is 5.39. The number of hydrogen-bond donors (Lipinski definition) is 1. The molecule has 2 saturated heterocycles. The molecule has 0 saturated carbocycles. The van der Waals surface area contributed by atoms with E-state index in [2.05, 4.69) is 29.3 Å². The van der Waals surface area contributed by atoms with Gasteiger partial charge in [0.05, 0.1) is 5.60 Å². The SMILES string of the molecule is CNC(=O)CC1CCOC2(CCN(Cc3ccc(C)s3)CC2)C1. The number of likely N-dealkylation sites (tertiary alicyclic amines) is 1. The van der Waals surface area contributed by atoms with Crippen molar-refractivity contribution in [1.29, 1.82) is 0 Å². The van der Waals surface area contributed by atoms with Crippen LogP contribution in [0.4, 0.5) is 0 Å². The largest absolute Gasteiger partial charge is 0.375 e. The predicted octanol–water partition coefficient (Wildman–Crippen LogP) is 2.95.